The molecule has 0 aromatic rings. The fourth-order valence-corrected chi connectivity index (χ4v) is 2.98. The predicted octanol–water partition coefficient (Wildman–Crippen LogP) is 0.811. The van der Waals surface area contributed by atoms with Gasteiger partial charge in [-0.2, -0.15) is 0 Å². The first kappa shape index (κ1) is 12.8. The summed E-state index contributed by atoms with van der Waals surface area (Å²) < 4.78 is 0. The largest absolute Gasteiger partial charge is 0.342 e. The van der Waals surface area contributed by atoms with E-state index in [4.69, 9.17) is 5.73 Å². The predicted molar refractivity (Wildman–Crippen MR) is 68.7 cm³/mol. The van der Waals surface area contributed by atoms with Gasteiger partial charge in [0.25, 0.3) is 0 Å². The second kappa shape index (κ2) is 5.83. The van der Waals surface area contributed by atoms with Crippen LogP contribution in [0.5, 0.6) is 0 Å². The topological polar surface area (TPSA) is 49.6 Å². The van der Waals surface area contributed by atoms with E-state index in [0.717, 1.165) is 19.5 Å². The van der Waals surface area contributed by atoms with Crippen LogP contribution in [0.1, 0.15) is 38.5 Å². The van der Waals surface area contributed by atoms with E-state index in [1.807, 2.05) is 11.9 Å². The third-order valence-corrected chi connectivity index (χ3v) is 4.18. The molecule has 2 rings (SSSR count). The number of carbonyl (C=O) groups excluding carboxylic acids is 1. The minimum Gasteiger partial charge on any atom is -0.342 e. The molecule has 1 atom stereocenters. The Hall–Kier alpha value is -0.610. The van der Waals surface area contributed by atoms with E-state index in [1.54, 1.807) is 0 Å². The van der Waals surface area contributed by atoms with Gasteiger partial charge in [-0.3, -0.25) is 9.69 Å². The van der Waals surface area contributed by atoms with Crippen LogP contribution in [-0.2, 0) is 4.79 Å². The lowest BCUT2D eigenvalue weighted by atomic mass is 9.94. The normalized spacial score (nSPS) is 27.3. The maximum absolute atomic E-state index is 12.1. The summed E-state index contributed by atoms with van der Waals surface area (Å²) in [5.74, 6) is 0.269. The molecule has 1 saturated carbocycles. The smallest absolute Gasteiger partial charge is 0.236 e. The van der Waals surface area contributed by atoms with E-state index in [0.29, 0.717) is 12.6 Å². The lowest BCUT2D eigenvalue weighted by Crippen LogP contribution is -2.44. The van der Waals surface area contributed by atoms with Crippen molar-refractivity contribution < 1.29 is 4.79 Å². The van der Waals surface area contributed by atoms with Crippen LogP contribution in [0.15, 0.2) is 0 Å². The van der Waals surface area contributed by atoms with Crippen molar-refractivity contribution in [1.82, 2.24) is 9.80 Å². The Balaban J connectivity index is 1.78. The number of likely N-dealkylation sites (N-methyl/N-ethyl adjacent to an activating group) is 1. The zero-order valence-electron chi connectivity index (χ0n) is 10.9. The summed E-state index contributed by atoms with van der Waals surface area (Å²) in [6.45, 7) is 2.41. The van der Waals surface area contributed by atoms with Crippen LogP contribution < -0.4 is 5.73 Å². The van der Waals surface area contributed by atoms with E-state index in [2.05, 4.69) is 4.90 Å². The Kier molecular flexibility index (Phi) is 4.40. The van der Waals surface area contributed by atoms with E-state index >= 15 is 0 Å². The zero-order valence-corrected chi connectivity index (χ0v) is 10.9. The first-order valence-electron chi connectivity index (χ1n) is 6.90. The van der Waals surface area contributed by atoms with Crippen LogP contribution in [0.4, 0.5) is 0 Å². The van der Waals surface area contributed by atoms with Gasteiger partial charge >= 0.3 is 0 Å². The van der Waals surface area contributed by atoms with Gasteiger partial charge in [-0.05, 0) is 19.3 Å². The molecule has 17 heavy (non-hydrogen) atoms. The molecular formula is C13H25N3O. The first-order chi connectivity index (χ1) is 8.16. The van der Waals surface area contributed by atoms with Gasteiger partial charge in [0.1, 0.15) is 0 Å². The first-order valence-corrected chi connectivity index (χ1v) is 6.90. The van der Waals surface area contributed by atoms with Crippen molar-refractivity contribution in [2.24, 2.45) is 5.73 Å². The van der Waals surface area contributed by atoms with Crippen molar-refractivity contribution >= 4 is 5.91 Å². The number of hydrogen-bond donors (Lipinski definition) is 1. The van der Waals surface area contributed by atoms with Gasteiger partial charge in [-0.25, -0.2) is 0 Å². The third-order valence-electron chi connectivity index (χ3n) is 4.18. The fraction of sp³-hybridized carbons (Fsp3) is 0.923. The van der Waals surface area contributed by atoms with Crippen molar-refractivity contribution in [3.05, 3.63) is 0 Å². The van der Waals surface area contributed by atoms with Crippen molar-refractivity contribution in [1.29, 1.82) is 0 Å². The summed E-state index contributed by atoms with van der Waals surface area (Å²) in [6, 6.07) is 0.746. The lowest BCUT2D eigenvalue weighted by Gasteiger charge is -2.32. The molecule has 0 spiro atoms. The number of amides is 1. The number of likely N-dealkylation sites (tertiary alicyclic amines) is 1. The van der Waals surface area contributed by atoms with Gasteiger partial charge < -0.3 is 10.6 Å². The van der Waals surface area contributed by atoms with Crippen molar-refractivity contribution in [2.75, 3.05) is 26.7 Å². The molecule has 4 heteroatoms. The Morgan fingerprint density at radius 2 is 2.00 bits per heavy atom. The average molecular weight is 239 g/mol. The number of hydrogen-bond acceptors (Lipinski definition) is 3. The average Bonchev–Trinajstić information content (AvgIpc) is 2.75. The zero-order chi connectivity index (χ0) is 12.3. The number of rotatable bonds is 3. The van der Waals surface area contributed by atoms with Crippen LogP contribution in [0.25, 0.3) is 0 Å². The van der Waals surface area contributed by atoms with E-state index in [1.165, 1.54) is 32.1 Å². The van der Waals surface area contributed by atoms with E-state index in [9.17, 15) is 4.79 Å². The molecular weight excluding hydrogens is 214 g/mol. The highest BCUT2D eigenvalue weighted by molar-refractivity contribution is 5.78. The fourth-order valence-electron chi connectivity index (χ4n) is 2.98. The maximum atomic E-state index is 12.1. The van der Waals surface area contributed by atoms with E-state index in [-0.39, 0.29) is 11.9 Å². The maximum Gasteiger partial charge on any atom is 0.236 e. The second-order valence-corrected chi connectivity index (χ2v) is 5.58. The molecule has 0 bridgehead atoms. The highest BCUT2D eigenvalue weighted by Gasteiger charge is 2.26. The summed E-state index contributed by atoms with van der Waals surface area (Å²) in [7, 11) is 1.97. The SMILES string of the molecule is CN(C(=O)CN1CC[C@@H](N)C1)C1CCCCC1. The summed E-state index contributed by atoms with van der Waals surface area (Å²) in [5, 5.41) is 0. The molecule has 2 N–H and O–H groups in total. The van der Waals surface area contributed by atoms with Crippen molar-refractivity contribution in [3.63, 3.8) is 0 Å². The molecule has 2 fully saturated rings. The quantitative estimate of drug-likeness (QED) is 0.793. The Bertz CT molecular complexity index is 263. The van der Waals surface area contributed by atoms with Gasteiger partial charge in [0.05, 0.1) is 6.54 Å². The molecule has 1 amide bonds. The molecule has 1 aliphatic heterocycles. The Morgan fingerprint density at radius 3 is 2.59 bits per heavy atom. The molecule has 0 aromatic heterocycles. The highest BCUT2D eigenvalue weighted by atomic mass is 16.2. The van der Waals surface area contributed by atoms with Gasteiger partial charge in [-0.15, -0.1) is 0 Å². The number of nitrogens with zero attached hydrogens (tertiary/aromatic N) is 2. The number of nitrogens with two attached hydrogens (primary N) is 1. The second-order valence-electron chi connectivity index (χ2n) is 5.58. The highest BCUT2D eigenvalue weighted by Crippen LogP contribution is 2.21. The molecule has 0 unspecified atom stereocenters. The van der Waals surface area contributed by atoms with Crippen LogP contribution >= 0.6 is 0 Å². The van der Waals surface area contributed by atoms with Crippen molar-refractivity contribution in [3.8, 4) is 0 Å². The molecule has 1 aliphatic carbocycles. The van der Waals surface area contributed by atoms with Gasteiger partial charge in [0.15, 0.2) is 0 Å². The molecule has 0 radical (unpaired) electrons. The van der Waals surface area contributed by atoms with E-state index < -0.39 is 0 Å². The monoisotopic (exact) mass is 239 g/mol. The minimum absolute atomic E-state index is 0.266. The molecule has 98 valence electrons. The van der Waals surface area contributed by atoms with Crippen LogP contribution in [0.2, 0.25) is 0 Å². The minimum atomic E-state index is 0.266. The van der Waals surface area contributed by atoms with Gasteiger partial charge in [0.2, 0.25) is 5.91 Å². The number of carbonyl (C=O) groups is 1. The van der Waals surface area contributed by atoms with Gasteiger partial charge in [-0.1, -0.05) is 19.3 Å². The van der Waals surface area contributed by atoms with Gasteiger partial charge in [0, 0.05) is 32.2 Å². The van der Waals surface area contributed by atoms with Crippen LogP contribution in [-0.4, -0.2) is 54.5 Å². The summed E-state index contributed by atoms with van der Waals surface area (Å²) in [4.78, 5) is 16.3. The molecule has 1 saturated heterocycles. The van der Waals surface area contributed by atoms with Crippen molar-refractivity contribution in [2.45, 2.75) is 50.6 Å². The summed E-state index contributed by atoms with van der Waals surface area (Å²) >= 11 is 0. The van der Waals surface area contributed by atoms with Crippen LogP contribution in [0, 0.1) is 0 Å². The third kappa shape index (κ3) is 3.42. The summed E-state index contributed by atoms with van der Waals surface area (Å²) in [5.41, 5.74) is 5.85. The Morgan fingerprint density at radius 1 is 1.29 bits per heavy atom. The molecule has 1 heterocycles. The Labute approximate surface area is 104 Å². The molecule has 4 nitrogen and oxygen atoms in total. The standard InChI is InChI=1S/C13H25N3O/c1-15(12-5-3-2-4-6-12)13(17)10-16-8-7-11(14)9-16/h11-12H,2-10,14H2,1H3/t11-/m1/s1. The molecule has 0 aromatic carbocycles. The lowest BCUT2D eigenvalue weighted by molar-refractivity contribution is -0.133. The molecule has 2 aliphatic rings. The summed E-state index contributed by atoms with van der Waals surface area (Å²) in [6.07, 6.45) is 7.27. The van der Waals surface area contributed by atoms with Crippen LogP contribution in [0.3, 0.4) is 0 Å².